The van der Waals surface area contributed by atoms with Gasteiger partial charge in [0.2, 0.25) is 10.0 Å². The van der Waals surface area contributed by atoms with E-state index in [4.69, 9.17) is 16.7 Å². The summed E-state index contributed by atoms with van der Waals surface area (Å²) in [5.41, 5.74) is 0. The molecule has 2 N–H and O–H groups in total. The Morgan fingerprint density at radius 1 is 1.45 bits per heavy atom. The Morgan fingerprint density at radius 3 is 2.59 bits per heavy atom. The summed E-state index contributed by atoms with van der Waals surface area (Å²) in [5.74, 6) is -1.99. The van der Waals surface area contributed by atoms with Crippen LogP contribution in [0.2, 0.25) is 5.02 Å². The zero-order valence-corrected chi connectivity index (χ0v) is 13.0. The number of rotatable bonds is 8. The minimum absolute atomic E-state index is 0.0237. The number of carboxylic acid groups (broad SMARTS) is 1. The minimum Gasteiger partial charge on any atom is -0.480 e. The number of carbonyl (C=O) groups is 1. The van der Waals surface area contributed by atoms with E-state index in [2.05, 4.69) is 4.74 Å². The van der Waals surface area contributed by atoms with Gasteiger partial charge in [-0.2, -0.15) is 13.5 Å². The molecule has 0 saturated heterocycles. The van der Waals surface area contributed by atoms with E-state index in [9.17, 15) is 22.0 Å². The van der Waals surface area contributed by atoms with Crippen molar-refractivity contribution in [2.75, 3.05) is 0 Å². The average molecular weight is 358 g/mol. The van der Waals surface area contributed by atoms with E-state index in [-0.39, 0.29) is 11.4 Å². The van der Waals surface area contributed by atoms with Gasteiger partial charge in [-0.15, -0.1) is 0 Å². The van der Waals surface area contributed by atoms with E-state index < -0.39 is 39.3 Å². The van der Waals surface area contributed by atoms with E-state index in [0.717, 1.165) is 12.1 Å². The van der Waals surface area contributed by atoms with Gasteiger partial charge in [-0.05, 0) is 24.6 Å². The zero-order chi connectivity index (χ0) is 16.9. The van der Waals surface area contributed by atoms with Crippen LogP contribution >= 0.6 is 11.6 Å². The lowest BCUT2D eigenvalue weighted by Crippen LogP contribution is -2.40. The molecule has 124 valence electrons. The predicted molar refractivity (Wildman–Crippen MR) is 74.7 cm³/mol. The monoisotopic (exact) mass is 357 g/mol. The number of aliphatic carboxylic acids is 1. The second-order valence-corrected chi connectivity index (χ2v) is 6.39. The van der Waals surface area contributed by atoms with Gasteiger partial charge in [0.05, 0.1) is 0 Å². The molecule has 0 fully saturated rings. The second-order valence-electron chi connectivity index (χ2n) is 4.27. The highest BCUT2D eigenvalue weighted by atomic mass is 35.5. The first-order chi connectivity index (χ1) is 10.2. The molecular formula is C12H14ClF2NO5S. The number of halogens is 3. The number of carboxylic acids is 1. The van der Waals surface area contributed by atoms with E-state index in [1.165, 1.54) is 6.07 Å². The molecule has 0 aliphatic rings. The van der Waals surface area contributed by atoms with E-state index in [0.29, 0.717) is 6.42 Å². The van der Waals surface area contributed by atoms with E-state index in [1.54, 1.807) is 6.92 Å². The molecule has 0 saturated carbocycles. The molecule has 0 aliphatic heterocycles. The summed E-state index contributed by atoms with van der Waals surface area (Å²) < 4.78 is 55.2. The van der Waals surface area contributed by atoms with E-state index in [1.807, 2.05) is 4.72 Å². The first kappa shape index (κ1) is 18.6. The van der Waals surface area contributed by atoms with Crippen LogP contribution in [-0.4, -0.2) is 32.1 Å². The maximum atomic E-state index is 12.3. The first-order valence-electron chi connectivity index (χ1n) is 6.17. The van der Waals surface area contributed by atoms with Crippen LogP contribution in [0.25, 0.3) is 0 Å². The highest BCUT2D eigenvalue weighted by molar-refractivity contribution is 7.89. The quantitative estimate of drug-likeness (QED) is 0.745. The molecule has 1 unspecified atom stereocenters. The molecule has 0 bridgehead atoms. The summed E-state index contributed by atoms with van der Waals surface area (Å²) in [5, 5.41) is 8.96. The maximum absolute atomic E-state index is 12.3. The summed E-state index contributed by atoms with van der Waals surface area (Å²) in [4.78, 5) is 10.4. The number of alkyl halides is 2. The van der Waals surface area contributed by atoms with Crippen molar-refractivity contribution in [2.24, 2.45) is 0 Å². The molecular weight excluding hydrogens is 344 g/mol. The zero-order valence-electron chi connectivity index (χ0n) is 11.4. The van der Waals surface area contributed by atoms with Crippen molar-refractivity contribution < 1.29 is 31.8 Å². The van der Waals surface area contributed by atoms with Crippen molar-refractivity contribution in [2.45, 2.75) is 37.3 Å². The highest BCUT2D eigenvalue weighted by Crippen LogP contribution is 2.28. The normalized spacial score (nSPS) is 13.1. The van der Waals surface area contributed by atoms with Crippen molar-refractivity contribution in [1.29, 1.82) is 0 Å². The molecule has 1 atom stereocenters. The van der Waals surface area contributed by atoms with Gasteiger partial charge in [0.15, 0.2) is 0 Å². The fourth-order valence-corrected chi connectivity index (χ4v) is 3.28. The van der Waals surface area contributed by atoms with Gasteiger partial charge in [-0.3, -0.25) is 4.79 Å². The van der Waals surface area contributed by atoms with Gasteiger partial charge in [0, 0.05) is 5.02 Å². The number of nitrogens with one attached hydrogen (secondary N) is 1. The fraction of sp³-hybridized carbons (Fsp3) is 0.417. The molecule has 6 nitrogen and oxygen atoms in total. The molecule has 22 heavy (non-hydrogen) atoms. The van der Waals surface area contributed by atoms with E-state index >= 15 is 0 Å². The van der Waals surface area contributed by atoms with Crippen LogP contribution in [-0.2, 0) is 14.8 Å². The van der Waals surface area contributed by atoms with Crippen LogP contribution in [0.5, 0.6) is 5.75 Å². The maximum Gasteiger partial charge on any atom is 0.387 e. The molecule has 0 amide bonds. The second kappa shape index (κ2) is 7.70. The van der Waals surface area contributed by atoms with Crippen molar-refractivity contribution in [1.82, 2.24) is 4.72 Å². The van der Waals surface area contributed by atoms with Crippen LogP contribution in [0, 0.1) is 0 Å². The molecule has 0 heterocycles. The van der Waals surface area contributed by atoms with Gasteiger partial charge in [0.1, 0.15) is 16.7 Å². The molecule has 0 aromatic heterocycles. The molecule has 0 spiro atoms. The molecule has 0 radical (unpaired) electrons. The van der Waals surface area contributed by atoms with Crippen LogP contribution in [0.15, 0.2) is 23.1 Å². The summed E-state index contributed by atoms with van der Waals surface area (Å²) in [7, 11) is -4.40. The van der Waals surface area contributed by atoms with Gasteiger partial charge in [-0.25, -0.2) is 8.42 Å². The van der Waals surface area contributed by atoms with Gasteiger partial charge < -0.3 is 9.84 Å². The Kier molecular flexibility index (Phi) is 6.51. The molecule has 1 aromatic rings. The smallest absolute Gasteiger partial charge is 0.387 e. The Bertz CT molecular complexity index is 638. The first-order valence-corrected chi connectivity index (χ1v) is 8.03. The Balaban J connectivity index is 3.20. The topological polar surface area (TPSA) is 92.7 Å². The number of hydrogen-bond donors (Lipinski definition) is 2. The van der Waals surface area contributed by atoms with Gasteiger partial charge >= 0.3 is 12.6 Å². The van der Waals surface area contributed by atoms with Crippen LogP contribution in [0.3, 0.4) is 0 Å². The molecule has 1 rings (SSSR count). The van der Waals surface area contributed by atoms with Crippen LogP contribution in [0.4, 0.5) is 8.78 Å². The number of benzene rings is 1. The third kappa shape index (κ3) is 5.08. The van der Waals surface area contributed by atoms with Crippen LogP contribution < -0.4 is 9.46 Å². The Hall–Kier alpha value is -1.45. The Morgan fingerprint density at radius 2 is 2.09 bits per heavy atom. The van der Waals surface area contributed by atoms with Gasteiger partial charge in [-0.1, -0.05) is 24.9 Å². The molecule has 1 aromatic carbocycles. The average Bonchev–Trinajstić information content (AvgIpc) is 2.39. The van der Waals surface area contributed by atoms with Crippen molar-refractivity contribution in [3.63, 3.8) is 0 Å². The minimum atomic E-state index is -4.40. The standard InChI is InChI=1S/C12H14ClF2NO5S/c1-2-3-8(11(17)18)16-22(19,20)10-6-7(13)4-5-9(10)21-12(14)15/h4-6,8,12,16H,2-3H2,1H3,(H,17,18). The lowest BCUT2D eigenvalue weighted by Gasteiger charge is -2.16. The third-order valence-electron chi connectivity index (χ3n) is 2.58. The van der Waals surface area contributed by atoms with Crippen LogP contribution in [0.1, 0.15) is 19.8 Å². The summed E-state index contributed by atoms with van der Waals surface area (Å²) in [6.45, 7) is -1.56. The summed E-state index contributed by atoms with van der Waals surface area (Å²) in [6.07, 6.45) is 0.454. The van der Waals surface area contributed by atoms with Crippen molar-refractivity contribution in [3.05, 3.63) is 23.2 Å². The van der Waals surface area contributed by atoms with Crippen molar-refractivity contribution >= 4 is 27.6 Å². The number of sulfonamides is 1. The highest BCUT2D eigenvalue weighted by Gasteiger charge is 2.28. The number of hydrogen-bond acceptors (Lipinski definition) is 4. The fourth-order valence-electron chi connectivity index (χ4n) is 1.66. The summed E-state index contributed by atoms with van der Waals surface area (Å²) in [6, 6.07) is 1.68. The third-order valence-corrected chi connectivity index (χ3v) is 4.31. The SMILES string of the molecule is CCCC(NS(=O)(=O)c1cc(Cl)ccc1OC(F)F)C(=O)O. The number of ether oxygens (including phenoxy) is 1. The lowest BCUT2D eigenvalue weighted by molar-refractivity contribution is -0.139. The lowest BCUT2D eigenvalue weighted by atomic mass is 10.2. The van der Waals surface area contributed by atoms with Crippen molar-refractivity contribution in [3.8, 4) is 5.75 Å². The Labute approximate surface area is 131 Å². The molecule has 10 heteroatoms. The largest absolute Gasteiger partial charge is 0.480 e. The summed E-state index contributed by atoms with van der Waals surface area (Å²) >= 11 is 5.67. The predicted octanol–water partition coefficient (Wildman–Crippen LogP) is 2.47. The van der Waals surface area contributed by atoms with Gasteiger partial charge in [0.25, 0.3) is 0 Å². The molecule has 0 aliphatic carbocycles.